The fourth-order valence-corrected chi connectivity index (χ4v) is 1.30. The molecular weight excluding hydrogens is 269 g/mol. The molecule has 0 fully saturated rings. The Kier molecular flexibility index (Phi) is 4.25. The Morgan fingerprint density at radius 1 is 1.33 bits per heavy atom. The molecule has 0 aromatic heterocycles. The molecule has 0 saturated heterocycles. The van der Waals surface area contributed by atoms with E-state index >= 15 is 0 Å². The molecule has 100 valence electrons. The van der Waals surface area contributed by atoms with E-state index in [1.54, 1.807) is 0 Å². The molecule has 0 aliphatic heterocycles. The highest BCUT2D eigenvalue weighted by Crippen LogP contribution is 2.36. The standard InChI is InChI=1S/C10H11F3N2O2S/c1-9(14,10(11,12)13)7-4-2-6(3-5-7)8(16)17-15-18/h2-5,15,18H,14H2,1H3. The van der Waals surface area contributed by atoms with Crippen molar-refractivity contribution in [3.05, 3.63) is 35.4 Å². The summed E-state index contributed by atoms with van der Waals surface area (Å²) in [6.45, 7) is 0.857. The lowest BCUT2D eigenvalue weighted by Gasteiger charge is -2.28. The third-order valence-corrected chi connectivity index (χ3v) is 2.54. The second-order valence-electron chi connectivity index (χ2n) is 3.76. The zero-order valence-electron chi connectivity index (χ0n) is 9.28. The average molecular weight is 280 g/mol. The minimum Gasteiger partial charge on any atom is -0.356 e. The van der Waals surface area contributed by atoms with Crippen molar-refractivity contribution in [2.75, 3.05) is 0 Å². The number of alkyl halides is 3. The number of thiol groups is 1. The molecule has 1 unspecified atom stereocenters. The molecule has 1 aromatic rings. The number of carbonyl (C=O) groups is 1. The molecule has 8 heteroatoms. The van der Waals surface area contributed by atoms with Gasteiger partial charge >= 0.3 is 12.1 Å². The van der Waals surface area contributed by atoms with E-state index in [0.29, 0.717) is 0 Å². The van der Waals surface area contributed by atoms with Gasteiger partial charge in [0, 0.05) is 0 Å². The maximum absolute atomic E-state index is 12.7. The Bertz CT molecular complexity index is 432. The molecule has 0 saturated carbocycles. The van der Waals surface area contributed by atoms with Crippen molar-refractivity contribution in [2.24, 2.45) is 5.73 Å². The number of carbonyl (C=O) groups excluding carboxylic acids is 1. The molecular formula is C10H11F3N2O2S. The summed E-state index contributed by atoms with van der Waals surface area (Å²) < 4.78 is 38.0. The first-order valence-electron chi connectivity index (χ1n) is 4.76. The number of nitrogens with one attached hydrogen (secondary N) is 1. The van der Waals surface area contributed by atoms with Crippen LogP contribution in [0, 0.1) is 0 Å². The lowest BCUT2D eigenvalue weighted by atomic mass is 9.92. The first-order valence-corrected chi connectivity index (χ1v) is 5.21. The van der Waals surface area contributed by atoms with Crippen molar-refractivity contribution in [3.63, 3.8) is 0 Å². The van der Waals surface area contributed by atoms with Gasteiger partial charge in [-0.05, 0) is 24.6 Å². The second kappa shape index (κ2) is 5.17. The van der Waals surface area contributed by atoms with Gasteiger partial charge in [0.25, 0.3) is 0 Å². The molecule has 1 aromatic carbocycles. The van der Waals surface area contributed by atoms with Gasteiger partial charge in [-0.1, -0.05) is 29.8 Å². The van der Waals surface area contributed by atoms with E-state index in [-0.39, 0.29) is 11.1 Å². The molecule has 4 nitrogen and oxygen atoms in total. The van der Waals surface area contributed by atoms with Crippen molar-refractivity contribution in [3.8, 4) is 0 Å². The van der Waals surface area contributed by atoms with E-state index in [1.165, 1.54) is 12.1 Å². The minimum absolute atomic E-state index is 0.0817. The highest BCUT2D eigenvalue weighted by molar-refractivity contribution is 7.77. The Hall–Kier alpha value is -1.25. The van der Waals surface area contributed by atoms with Gasteiger partial charge in [0.15, 0.2) is 0 Å². The molecule has 0 aliphatic rings. The van der Waals surface area contributed by atoms with Gasteiger partial charge in [-0.2, -0.15) is 13.2 Å². The molecule has 0 radical (unpaired) electrons. The van der Waals surface area contributed by atoms with Crippen LogP contribution in [0.15, 0.2) is 24.3 Å². The van der Waals surface area contributed by atoms with Crippen LogP contribution in [0.1, 0.15) is 22.8 Å². The molecule has 0 bridgehead atoms. The number of hydrogen-bond donors (Lipinski definition) is 3. The fourth-order valence-electron chi connectivity index (χ4n) is 1.22. The van der Waals surface area contributed by atoms with E-state index in [9.17, 15) is 18.0 Å². The van der Waals surface area contributed by atoms with Crippen molar-refractivity contribution < 1.29 is 22.8 Å². The van der Waals surface area contributed by atoms with Crippen LogP contribution in [0.2, 0.25) is 0 Å². The maximum Gasteiger partial charge on any atom is 0.410 e. The summed E-state index contributed by atoms with van der Waals surface area (Å²) in [5.41, 5.74) is 2.69. The second-order valence-corrected chi connectivity index (χ2v) is 3.94. The number of halogens is 3. The summed E-state index contributed by atoms with van der Waals surface area (Å²) in [5.74, 6) is -0.762. The number of nitrogens with two attached hydrogens (primary N) is 1. The van der Waals surface area contributed by atoms with Crippen molar-refractivity contribution in [2.45, 2.75) is 18.6 Å². The third kappa shape index (κ3) is 2.95. The van der Waals surface area contributed by atoms with Crippen LogP contribution < -0.4 is 10.6 Å². The van der Waals surface area contributed by atoms with Crippen LogP contribution in [0.4, 0.5) is 13.2 Å². The van der Waals surface area contributed by atoms with Crippen molar-refractivity contribution >= 4 is 18.8 Å². The molecule has 0 amide bonds. The Balaban J connectivity index is 3.00. The highest BCUT2D eigenvalue weighted by atomic mass is 32.1. The monoisotopic (exact) mass is 280 g/mol. The summed E-state index contributed by atoms with van der Waals surface area (Å²) in [5, 5.41) is 0. The summed E-state index contributed by atoms with van der Waals surface area (Å²) in [7, 11) is 0. The van der Waals surface area contributed by atoms with Crippen LogP contribution >= 0.6 is 12.8 Å². The van der Waals surface area contributed by atoms with Gasteiger partial charge in [0.2, 0.25) is 0 Å². The van der Waals surface area contributed by atoms with Crippen LogP contribution in [0.3, 0.4) is 0 Å². The van der Waals surface area contributed by atoms with Gasteiger partial charge in [-0.25, -0.2) is 4.79 Å². The Morgan fingerprint density at radius 2 is 1.83 bits per heavy atom. The smallest absolute Gasteiger partial charge is 0.356 e. The molecule has 0 aliphatic carbocycles. The number of benzene rings is 1. The molecule has 1 atom stereocenters. The fraction of sp³-hybridized carbons (Fsp3) is 0.300. The zero-order valence-corrected chi connectivity index (χ0v) is 10.2. The van der Waals surface area contributed by atoms with Crippen molar-refractivity contribution in [1.29, 1.82) is 0 Å². The van der Waals surface area contributed by atoms with E-state index in [2.05, 4.69) is 17.7 Å². The minimum atomic E-state index is -4.58. The zero-order chi connectivity index (χ0) is 14.0. The van der Waals surface area contributed by atoms with Crippen molar-refractivity contribution in [1.82, 2.24) is 4.89 Å². The largest absolute Gasteiger partial charge is 0.410 e. The first kappa shape index (κ1) is 14.8. The van der Waals surface area contributed by atoms with Gasteiger partial charge in [0.1, 0.15) is 5.54 Å². The van der Waals surface area contributed by atoms with Gasteiger partial charge < -0.3 is 10.6 Å². The topological polar surface area (TPSA) is 64.4 Å². The molecule has 3 N–H and O–H groups in total. The number of rotatable bonds is 3. The Labute approximate surface area is 107 Å². The van der Waals surface area contributed by atoms with E-state index < -0.39 is 17.7 Å². The maximum atomic E-state index is 12.7. The SMILES string of the molecule is CC(N)(c1ccc(C(=O)ONS)cc1)C(F)(F)F. The lowest BCUT2D eigenvalue weighted by Crippen LogP contribution is -2.47. The third-order valence-electron chi connectivity index (χ3n) is 2.45. The molecule has 0 spiro atoms. The van der Waals surface area contributed by atoms with Crippen LogP contribution in [0.25, 0.3) is 0 Å². The predicted octanol–water partition coefficient (Wildman–Crippen LogP) is 1.93. The van der Waals surface area contributed by atoms with E-state index in [1.807, 2.05) is 4.89 Å². The lowest BCUT2D eigenvalue weighted by molar-refractivity contribution is -0.184. The first-order chi connectivity index (χ1) is 8.20. The number of hydrogen-bond acceptors (Lipinski definition) is 5. The normalized spacial score (nSPS) is 15.0. The molecule has 18 heavy (non-hydrogen) atoms. The van der Waals surface area contributed by atoms with Gasteiger partial charge in [-0.3, -0.25) is 0 Å². The average Bonchev–Trinajstić information content (AvgIpc) is 2.28. The molecule has 0 heterocycles. The van der Waals surface area contributed by atoms with Crippen LogP contribution in [-0.2, 0) is 10.4 Å². The quantitative estimate of drug-likeness (QED) is 0.585. The van der Waals surface area contributed by atoms with E-state index in [4.69, 9.17) is 5.73 Å². The summed E-state index contributed by atoms with van der Waals surface area (Å²) >= 11 is 3.45. The summed E-state index contributed by atoms with van der Waals surface area (Å²) in [6.07, 6.45) is -4.58. The van der Waals surface area contributed by atoms with Gasteiger partial charge in [0.05, 0.1) is 5.56 Å². The summed E-state index contributed by atoms with van der Waals surface area (Å²) in [6, 6.07) is 4.64. The predicted molar refractivity (Wildman–Crippen MR) is 61.6 cm³/mol. The van der Waals surface area contributed by atoms with Crippen LogP contribution in [0.5, 0.6) is 0 Å². The summed E-state index contributed by atoms with van der Waals surface area (Å²) in [4.78, 5) is 17.4. The Morgan fingerprint density at radius 3 is 2.22 bits per heavy atom. The molecule has 1 rings (SSSR count). The van der Waals surface area contributed by atoms with Gasteiger partial charge in [-0.15, -0.1) is 0 Å². The highest BCUT2D eigenvalue weighted by Gasteiger charge is 2.49. The van der Waals surface area contributed by atoms with E-state index in [0.717, 1.165) is 19.1 Å². The van der Waals surface area contributed by atoms with Crippen LogP contribution in [-0.4, -0.2) is 12.1 Å².